The van der Waals surface area contributed by atoms with E-state index >= 15 is 0 Å². The van der Waals surface area contributed by atoms with Crippen molar-refractivity contribution < 1.29 is 0 Å². The van der Waals surface area contributed by atoms with Gasteiger partial charge < -0.3 is 0 Å². The van der Waals surface area contributed by atoms with E-state index in [0.717, 1.165) is 0 Å². The highest BCUT2D eigenvalue weighted by Crippen LogP contribution is 2.41. The fourth-order valence-electron chi connectivity index (χ4n) is 5.91. The monoisotopic (exact) mass is 514 g/mol. The number of aryl methyl sites for hydroxylation is 4. The molecule has 0 nitrogen and oxygen atoms in total. The average molecular weight is 515 g/mol. The van der Waals surface area contributed by atoms with Crippen LogP contribution in [-0.4, -0.2) is 0 Å². The third-order valence-electron chi connectivity index (χ3n) is 7.86. The van der Waals surface area contributed by atoms with Gasteiger partial charge in [-0.15, -0.1) is 0 Å². The van der Waals surface area contributed by atoms with Gasteiger partial charge in [-0.25, -0.2) is 0 Å². The topological polar surface area (TPSA) is 0 Å². The highest BCUT2D eigenvalue weighted by Gasteiger charge is 2.15. The molecule has 0 spiro atoms. The van der Waals surface area contributed by atoms with Gasteiger partial charge in [0.05, 0.1) is 0 Å². The first-order valence-electron chi connectivity index (χ1n) is 14.0. The second-order valence-corrected chi connectivity index (χ2v) is 10.9. The van der Waals surface area contributed by atoms with Crippen LogP contribution in [0.4, 0.5) is 0 Å². The summed E-state index contributed by atoms with van der Waals surface area (Å²) in [6, 6.07) is 48.9. The van der Waals surface area contributed by atoms with Crippen LogP contribution in [0.1, 0.15) is 22.3 Å². The van der Waals surface area contributed by atoms with Crippen molar-refractivity contribution in [3.05, 3.63) is 156 Å². The molecule has 0 aromatic heterocycles. The second-order valence-electron chi connectivity index (χ2n) is 10.9. The number of rotatable bonds is 5. The fraction of sp³-hybridized carbons (Fsp3) is 0.100. The van der Waals surface area contributed by atoms with Crippen LogP contribution in [0.25, 0.3) is 55.6 Å². The van der Waals surface area contributed by atoms with Gasteiger partial charge in [0.25, 0.3) is 0 Å². The molecule has 6 aromatic carbocycles. The largest absolute Gasteiger partial charge is 0.0622 e. The molecule has 0 saturated heterocycles. The van der Waals surface area contributed by atoms with E-state index in [1.165, 1.54) is 77.9 Å². The van der Waals surface area contributed by atoms with E-state index in [1.54, 1.807) is 0 Å². The minimum Gasteiger partial charge on any atom is -0.0622 e. The van der Waals surface area contributed by atoms with E-state index in [1.807, 2.05) is 0 Å². The highest BCUT2D eigenvalue weighted by molar-refractivity contribution is 5.92. The molecule has 0 radical (unpaired) electrons. The van der Waals surface area contributed by atoms with Crippen molar-refractivity contribution in [3.63, 3.8) is 0 Å². The zero-order valence-corrected chi connectivity index (χ0v) is 23.7. The normalized spacial score (nSPS) is 11.0. The summed E-state index contributed by atoms with van der Waals surface area (Å²) in [5, 5.41) is 0. The molecule has 0 N–H and O–H groups in total. The molecule has 0 atom stereocenters. The van der Waals surface area contributed by atoms with E-state index < -0.39 is 0 Å². The summed E-state index contributed by atoms with van der Waals surface area (Å²) in [6.45, 7) is 8.74. The van der Waals surface area contributed by atoms with Gasteiger partial charge in [-0.1, -0.05) is 126 Å². The first kappa shape index (κ1) is 25.6. The molecular formula is C40H34. The number of benzene rings is 6. The van der Waals surface area contributed by atoms with Crippen molar-refractivity contribution in [1.82, 2.24) is 0 Å². The van der Waals surface area contributed by atoms with Crippen LogP contribution in [-0.2, 0) is 0 Å². The molecule has 0 unspecified atom stereocenters. The zero-order chi connectivity index (χ0) is 27.6. The summed E-state index contributed by atoms with van der Waals surface area (Å²) < 4.78 is 0. The predicted molar refractivity (Wildman–Crippen MR) is 173 cm³/mol. The minimum absolute atomic E-state index is 1.22. The number of hydrogen-bond acceptors (Lipinski definition) is 0. The summed E-state index contributed by atoms with van der Waals surface area (Å²) in [6.07, 6.45) is 0. The third-order valence-corrected chi connectivity index (χ3v) is 7.86. The highest BCUT2D eigenvalue weighted by atomic mass is 14.2. The lowest BCUT2D eigenvalue weighted by atomic mass is 9.86. The first-order valence-corrected chi connectivity index (χ1v) is 14.0. The lowest BCUT2D eigenvalue weighted by molar-refractivity contribution is 1.38. The van der Waals surface area contributed by atoms with Gasteiger partial charge in [-0.05, 0) is 113 Å². The van der Waals surface area contributed by atoms with E-state index in [-0.39, 0.29) is 0 Å². The molecule has 0 heterocycles. The maximum atomic E-state index is 2.37. The number of hydrogen-bond donors (Lipinski definition) is 0. The smallest absolute Gasteiger partial charge is 0.0103 e. The third kappa shape index (κ3) is 5.01. The molecule has 194 valence electrons. The lowest BCUT2D eigenvalue weighted by Crippen LogP contribution is -1.92. The van der Waals surface area contributed by atoms with Crippen molar-refractivity contribution >= 4 is 0 Å². The Bertz CT molecular complexity index is 1710. The predicted octanol–water partition coefficient (Wildman–Crippen LogP) is 11.3. The Morgan fingerprint density at radius 2 is 0.675 bits per heavy atom. The van der Waals surface area contributed by atoms with Crippen LogP contribution in [0.5, 0.6) is 0 Å². The van der Waals surface area contributed by atoms with E-state index in [0.29, 0.717) is 0 Å². The van der Waals surface area contributed by atoms with E-state index in [9.17, 15) is 0 Å². The molecule has 0 saturated carbocycles. The van der Waals surface area contributed by atoms with Crippen molar-refractivity contribution in [2.75, 3.05) is 0 Å². The Labute approximate surface area is 238 Å². The van der Waals surface area contributed by atoms with Crippen molar-refractivity contribution in [2.45, 2.75) is 27.7 Å². The van der Waals surface area contributed by atoms with Crippen molar-refractivity contribution in [1.29, 1.82) is 0 Å². The Hall–Kier alpha value is -4.68. The Morgan fingerprint density at radius 1 is 0.275 bits per heavy atom. The molecule has 0 bridgehead atoms. The molecule has 6 aromatic rings. The summed E-state index contributed by atoms with van der Waals surface area (Å²) >= 11 is 0. The molecule has 40 heavy (non-hydrogen) atoms. The van der Waals surface area contributed by atoms with Crippen LogP contribution in [0, 0.1) is 27.7 Å². The molecule has 0 fully saturated rings. The van der Waals surface area contributed by atoms with Crippen LogP contribution in [0.3, 0.4) is 0 Å². The van der Waals surface area contributed by atoms with Crippen LogP contribution >= 0.6 is 0 Å². The molecule has 0 aliphatic rings. The minimum atomic E-state index is 1.22. The maximum Gasteiger partial charge on any atom is -0.0103 e. The Balaban J connectivity index is 1.60. The Morgan fingerprint density at radius 3 is 1.12 bits per heavy atom. The zero-order valence-electron chi connectivity index (χ0n) is 23.7. The molecule has 6 rings (SSSR count). The first-order chi connectivity index (χ1) is 19.5. The summed E-state index contributed by atoms with van der Waals surface area (Å²) in [5.41, 5.74) is 17.6. The average Bonchev–Trinajstić information content (AvgIpc) is 2.97. The van der Waals surface area contributed by atoms with E-state index in [2.05, 4.69) is 161 Å². The summed E-state index contributed by atoms with van der Waals surface area (Å²) in [7, 11) is 0. The SMILES string of the molecule is Cc1ccc(-c2ccccc2-c2cc(-c3ccccc3)cc(-c3ccccc3-c3ccc(C)cc3C)c2)c(C)c1. The standard InChI is InChI=1S/C40H34/c1-27-18-20-35(29(3)22-27)39-16-10-8-14-37(39)33-24-32(31-12-6-5-7-13-31)25-34(26-33)38-15-9-11-17-40(38)36-21-19-28(2)23-30(36)4/h5-26H,1-4H3. The molecule has 0 amide bonds. The fourth-order valence-corrected chi connectivity index (χ4v) is 5.91. The summed E-state index contributed by atoms with van der Waals surface area (Å²) in [4.78, 5) is 0. The van der Waals surface area contributed by atoms with Gasteiger partial charge in [0, 0.05) is 0 Å². The van der Waals surface area contributed by atoms with Crippen molar-refractivity contribution in [3.8, 4) is 55.6 Å². The van der Waals surface area contributed by atoms with Gasteiger partial charge in [-0.3, -0.25) is 0 Å². The lowest BCUT2D eigenvalue weighted by Gasteiger charge is -2.18. The summed E-state index contributed by atoms with van der Waals surface area (Å²) in [5.74, 6) is 0. The van der Waals surface area contributed by atoms with Crippen LogP contribution in [0.15, 0.2) is 133 Å². The maximum absolute atomic E-state index is 2.37. The molecule has 0 aliphatic heterocycles. The Kier molecular flexibility index (Phi) is 6.93. The molecule has 0 heteroatoms. The van der Waals surface area contributed by atoms with Gasteiger partial charge in [0.1, 0.15) is 0 Å². The second kappa shape index (κ2) is 10.8. The molecule has 0 aliphatic carbocycles. The van der Waals surface area contributed by atoms with Crippen molar-refractivity contribution in [2.24, 2.45) is 0 Å². The molecular weight excluding hydrogens is 480 g/mol. The van der Waals surface area contributed by atoms with Gasteiger partial charge >= 0.3 is 0 Å². The van der Waals surface area contributed by atoms with Gasteiger partial charge in [-0.2, -0.15) is 0 Å². The van der Waals surface area contributed by atoms with E-state index in [4.69, 9.17) is 0 Å². The van der Waals surface area contributed by atoms with Gasteiger partial charge in [0.15, 0.2) is 0 Å². The van der Waals surface area contributed by atoms with Gasteiger partial charge in [0.2, 0.25) is 0 Å². The van der Waals surface area contributed by atoms with Crippen LogP contribution in [0.2, 0.25) is 0 Å². The quantitative estimate of drug-likeness (QED) is 0.215. The van der Waals surface area contributed by atoms with Crippen LogP contribution < -0.4 is 0 Å².